The van der Waals surface area contributed by atoms with Crippen LogP contribution in [0.5, 0.6) is 0 Å². The topological polar surface area (TPSA) is 32.7 Å². The number of carbonyl (C=O) groups excluding carboxylic acids is 1. The van der Waals surface area contributed by atoms with Crippen LogP contribution in [-0.4, -0.2) is 34.5 Å². The zero-order chi connectivity index (χ0) is 27.9. The van der Waals surface area contributed by atoms with Crippen LogP contribution in [0, 0.1) is 5.92 Å². The summed E-state index contributed by atoms with van der Waals surface area (Å²) >= 11 is 0. The first-order chi connectivity index (χ1) is 20.3. The Morgan fingerprint density at radius 3 is 1.71 bits per heavy atom. The number of carbonyl (C=O) groups is 1. The summed E-state index contributed by atoms with van der Waals surface area (Å²) in [6.07, 6.45) is 16.0. The first kappa shape index (κ1) is 28.4. The molecule has 3 aromatic rings. The van der Waals surface area contributed by atoms with Gasteiger partial charge in [-0.3, -0.25) is 14.7 Å². The SMILES string of the molecule is O=C(C1CC1)N1C[C@@H](c2ccccc2)N=C1c1ccccc1P(C1CCCCC1)C1CCCCC1.c1ccccc1. The Hall–Kier alpha value is -2.77. The molecule has 214 valence electrons. The van der Waals surface area contributed by atoms with Gasteiger partial charge in [0, 0.05) is 11.5 Å². The summed E-state index contributed by atoms with van der Waals surface area (Å²) in [5.74, 6) is 1.47. The smallest absolute Gasteiger partial charge is 0.231 e. The maximum absolute atomic E-state index is 13.5. The van der Waals surface area contributed by atoms with Gasteiger partial charge in [0.2, 0.25) is 5.91 Å². The van der Waals surface area contributed by atoms with Crippen molar-refractivity contribution in [2.75, 3.05) is 6.54 Å². The highest BCUT2D eigenvalue weighted by molar-refractivity contribution is 7.67. The second-order valence-electron chi connectivity index (χ2n) is 12.3. The van der Waals surface area contributed by atoms with Gasteiger partial charge in [0.05, 0.1) is 12.6 Å². The lowest BCUT2D eigenvalue weighted by molar-refractivity contribution is -0.128. The Balaban J connectivity index is 0.000000449. The third-order valence-corrected chi connectivity index (χ3v) is 12.8. The number of hydrogen-bond acceptors (Lipinski definition) is 2. The monoisotopic (exact) mass is 564 g/mol. The highest BCUT2D eigenvalue weighted by Crippen LogP contribution is 2.55. The molecule has 3 saturated carbocycles. The molecule has 3 nitrogen and oxygen atoms in total. The normalized spacial score (nSPS) is 21.7. The molecule has 1 amide bonds. The molecule has 0 unspecified atom stereocenters. The average molecular weight is 565 g/mol. The van der Waals surface area contributed by atoms with Gasteiger partial charge in [0.15, 0.2) is 0 Å². The predicted molar refractivity (Wildman–Crippen MR) is 173 cm³/mol. The minimum Gasteiger partial charge on any atom is -0.294 e. The van der Waals surface area contributed by atoms with E-state index in [9.17, 15) is 4.79 Å². The molecule has 4 aliphatic rings. The summed E-state index contributed by atoms with van der Waals surface area (Å²) in [7, 11) is -0.254. The van der Waals surface area contributed by atoms with Crippen molar-refractivity contribution in [1.29, 1.82) is 0 Å². The fourth-order valence-corrected chi connectivity index (χ4v) is 11.0. The van der Waals surface area contributed by atoms with Gasteiger partial charge in [-0.1, -0.05) is 137 Å². The van der Waals surface area contributed by atoms with Crippen molar-refractivity contribution >= 4 is 25.0 Å². The van der Waals surface area contributed by atoms with Crippen molar-refractivity contribution in [1.82, 2.24) is 4.90 Å². The molecule has 3 aromatic carbocycles. The summed E-state index contributed by atoms with van der Waals surface area (Å²) in [4.78, 5) is 20.9. The number of aliphatic imine (C=N–C) groups is 1. The van der Waals surface area contributed by atoms with Crippen molar-refractivity contribution in [3.05, 3.63) is 102 Å². The van der Waals surface area contributed by atoms with Crippen LogP contribution in [0.2, 0.25) is 0 Å². The molecular formula is C37H45N2OP. The standard InChI is InChI=1S/C31H39N2OP.C6H6/c34-31(24-20-21-24)33-22-28(23-12-4-1-5-13-23)32-30(33)27-18-10-11-19-29(27)35(25-14-6-2-7-15-25)26-16-8-3-9-17-26;1-2-4-6-5-3-1/h1,4-5,10-13,18-19,24-26,28H,2-3,6-9,14-17,20-22H2;1-6H/t28-;/m0./s1. The first-order valence-electron chi connectivity index (χ1n) is 16.1. The van der Waals surface area contributed by atoms with Crippen molar-refractivity contribution in [3.8, 4) is 0 Å². The molecule has 4 heteroatoms. The van der Waals surface area contributed by atoms with Crippen LogP contribution in [-0.2, 0) is 4.79 Å². The minimum absolute atomic E-state index is 0.0394. The van der Waals surface area contributed by atoms with Crippen molar-refractivity contribution in [3.63, 3.8) is 0 Å². The van der Waals surface area contributed by atoms with Gasteiger partial charge in [-0.15, -0.1) is 0 Å². The molecule has 1 heterocycles. The van der Waals surface area contributed by atoms with Crippen LogP contribution in [0.15, 0.2) is 96.0 Å². The largest absolute Gasteiger partial charge is 0.294 e. The van der Waals surface area contributed by atoms with Crippen LogP contribution < -0.4 is 5.30 Å². The van der Waals surface area contributed by atoms with Crippen LogP contribution in [0.1, 0.15) is 94.2 Å². The Labute approximate surface area is 248 Å². The van der Waals surface area contributed by atoms with Gasteiger partial charge >= 0.3 is 0 Å². The summed E-state index contributed by atoms with van der Waals surface area (Å²) in [6.45, 7) is 0.688. The highest BCUT2D eigenvalue weighted by Gasteiger charge is 2.41. The Bertz CT molecular complexity index is 1230. The Morgan fingerprint density at radius 1 is 0.634 bits per heavy atom. The van der Waals surface area contributed by atoms with Gasteiger partial charge in [0.25, 0.3) is 0 Å². The molecule has 1 atom stereocenters. The third-order valence-electron chi connectivity index (χ3n) is 9.29. The fourth-order valence-electron chi connectivity index (χ4n) is 7.02. The van der Waals surface area contributed by atoms with Crippen molar-refractivity contribution < 1.29 is 4.79 Å². The highest BCUT2D eigenvalue weighted by atomic mass is 31.1. The summed E-state index contributed by atoms with van der Waals surface area (Å²) in [6, 6.07) is 31.7. The predicted octanol–water partition coefficient (Wildman–Crippen LogP) is 8.89. The molecule has 0 saturated heterocycles. The fraction of sp³-hybridized carbons (Fsp3) is 0.459. The van der Waals surface area contributed by atoms with Crippen molar-refractivity contribution in [2.45, 2.75) is 94.4 Å². The van der Waals surface area contributed by atoms with E-state index >= 15 is 0 Å². The number of benzene rings is 3. The van der Waals surface area contributed by atoms with Gasteiger partial charge in [0.1, 0.15) is 5.84 Å². The van der Waals surface area contributed by atoms with Gasteiger partial charge in [-0.05, 0) is 60.7 Å². The molecule has 3 aliphatic carbocycles. The lowest BCUT2D eigenvalue weighted by atomic mass is 9.99. The molecule has 0 aromatic heterocycles. The average Bonchev–Trinajstić information content (AvgIpc) is 3.82. The van der Waals surface area contributed by atoms with E-state index in [0.29, 0.717) is 12.5 Å². The number of hydrogen-bond donors (Lipinski definition) is 0. The second-order valence-corrected chi connectivity index (χ2v) is 15.0. The number of amidine groups is 1. The summed E-state index contributed by atoms with van der Waals surface area (Å²) in [5.41, 5.74) is 4.16. The van der Waals surface area contributed by atoms with Crippen molar-refractivity contribution in [2.24, 2.45) is 10.9 Å². The number of nitrogens with zero attached hydrogens (tertiary/aromatic N) is 2. The molecule has 0 spiro atoms. The van der Waals surface area contributed by atoms with Crippen LogP contribution in [0.4, 0.5) is 0 Å². The molecule has 0 N–H and O–H groups in total. The maximum atomic E-state index is 13.5. The molecule has 0 bridgehead atoms. The van der Waals surface area contributed by atoms with Crippen LogP contribution >= 0.6 is 7.92 Å². The second kappa shape index (κ2) is 13.9. The number of amides is 1. The van der Waals surface area contributed by atoms with E-state index in [2.05, 4.69) is 59.5 Å². The summed E-state index contributed by atoms with van der Waals surface area (Å²) in [5, 5.41) is 1.54. The van der Waals surface area contributed by atoms with E-state index in [-0.39, 0.29) is 19.9 Å². The Kier molecular flexibility index (Phi) is 9.63. The Morgan fingerprint density at radius 2 is 1.15 bits per heavy atom. The van der Waals surface area contributed by atoms with E-state index in [1.807, 2.05) is 36.4 Å². The zero-order valence-corrected chi connectivity index (χ0v) is 25.3. The molecular weight excluding hydrogens is 519 g/mol. The van der Waals surface area contributed by atoms with Gasteiger partial charge in [-0.2, -0.15) is 0 Å². The minimum atomic E-state index is -0.254. The third kappa shape index (κ3) is 7.00. The molecule has 41 heavy (non-hydrogen) atoms. The quantitative estimate of drug-likeness (QED) is 0.275. The number of rotatable bonds is 6. The lowest BCUT2D eigenvalue weighted by Crippen LogP contribution is -2.39. The molecule has 3 fully saturated rings. The molecule has 7 rings (SSSR count). The van der Waals surface area contributed by atoms with E-state index < -0.39 is 0 Å². The summed E-state index contributed by atoms with van der Waals surface area (Å²) < 4.78 is 0. The zero-order valence-electron chi connectivity index (χ0n) is 24.4. The van der Waals surface area contributed by atoms with Crippen LogP contribution in [0.3, 0.4) is 0 Å². The van der Waals surface area contributed by atoms with Gasteiger partial charge in [-0.25, -0.2) is 0 Å². The van der Waals surface area contributed by atoms with E-state index in [4.69, 9.17) is 4.99 Å². The van der Waals surface area contributed by atoms with Crippen LogP contribution in [0.25, 0.3) is 0 Å². The molecule has 1 aliphatic heterocycles. The lowest BCUT2D eigenvalue weighted by Gasteiger charge is -2.39. The first-order valence-corrected chi connectivity index (χ1v) is 17.6. The molecule has 0 radical (unpaired) electrons. The maximum Gasteiger partial charge on any atom is 0.231 e. The van der Waals surface area contributed by atoms with E-state index in [0.717, 1.165) is 30.0 Å². The van der Waals surface area contributed by atoms with E-state index in [1.165, 1.54) is 75.3 Å². The van der Waals surface area contributed by atoms with Gasteiger partial charge < -0.3 is 0 Å². The van der Waals surface area contributed by atoms with E-state index in [1.54, 1.807) is 5.30 Å².